The summed E-state index contributed by atoms with van der Waals surface area (Å²) in [5.74, 6) is 0.489. The number of aromatic carboxylic acids is 1. The summed E-state index contributed by atoms with van der Waals surface area (Å²) >= 11 is 1.27. The van der Waals surface area contributed by atoms with E-state index >= 15 is 0 Å². The minimum atomic E-state index is -0.898. The van der Waals surface area contributed by atoms with Gasteiger partial charge in [0, 0.05) is 4.88 Å². The van der Waals surface area contributed by atoms with E-state index in [1.807, 2.05) is 39.0 Å². The van der Waals surface area contributed by atoms with Crippen LogP contribution in [-0.2, 0) is 0 Å². The molecule has 0 aliphatic heterocycles. The van der Waals surface area contributed by atoms with Crippen molar-refractivity contribution in [3.05, 3.63) is 34.7 Å². The van der Waals surface area contributed by atoms with Gasteiger partial charge in [0.1, 0.15) is 4.88 Å². The highest BCUT2D eigenvalue weighted by Crippen LogP contribution is 2.37. The number of aryl methyl sites for hydroxylation is 1. The number of thiophene rings is 1. The molecule has 0 aliphatic rings. The van der Waals surface area contributed by atoms with Crippen molar-refractivity contribution >= 4 is 17.3 Å². The summed E-state index contributed by atoms with van der Waals surface area (Å²) in [5.41, 5.74) is 1.89. The first-order valence-electron chi connectivity index (χ1n) is 6.80. The van der Waals surface area contributed by atoms with Crippen LogP contribution in [0.5, 0.6) is 11.5 Å². The molecule has 0 radical (unpaired) electrons. The quantitative estimate of drug-likeness (QED) is 0.868. The van der Waals surface area contributed by atoms with Crippen LogP contribution in [0.2, 0.25) is 0 Å². The fourth-order valence-corrected chi connectivity index (χ4v) is 3.07. The highest BCUT2D eigenvalue weighted by atomic mass is 32.1. The summed E-state index contributed by atoms with van der Waals surface area (Å²) in [6, 6.07) is 7.39. The van der Waals surface area contributed by atoms with E-state index in [0.29, 0.717) is 29.6 Å². The number of hydrogen-bond acceptors (Lipinski definition) is 4. The lowest BCUT2D eigenvalue weighted by molar-refractivity contribution is 0.0702. The average Bonchev–Trinajstić information content (AvgIpc) is 2.84. The van der Waals surface area contributed by atoms with E-state index in [1.165, 1.54) is 11.3 Å². The van der Waals surface area contributed by atoms with Crippen LogP contribution in [0.3, 0.4) is 0 Å². The van der Waals surface area contributed by atoms with Gasteiger partial charge in [0.15, 0.2) is 11.5 Å². The Morgan fingerprint density at radius 2 is 1.81 bits per heavy atom. The van der Waals surface area contributed by atoms with Gasteiger partial charge in [-0.25, -0.2) is 4.79 Å². The Hall–Kier alpha value is -2.01. The number of carboxylic acid groups (broad SMARTS) is 1. The van der Waals surface area contributed by atoms with Crippen molar-refractivity contribution in [1.29, 1.82) is 0 Å². The zero-order chi connectivity index (χ0) is 15.4. The molecule has 0 atom stereocenters. The third-order valence-corrected chi connectivity index (χ3v) is 4.21. The second kappa shape index (κ2) is 6.63. The summed E-state index contributed by atoms with van der Waals surface area (Å²) in [6.07, 6.45) is 0. The van der Waals surface area contributed by atoms with Gasteiger partial charge in [0.05, 0.1) is 13.2 Å². The molecule has 1 aromatic carbocycles. The SMILES string of the molecule is CCOc1ccc(-c2sc(C(=O)O)cc2C)cc1OCC. The molecule has 0 aliphatic carbocycles. The average molecular weight is 306 g/mol. The van der Waals surface area contributed by atoms with Crippen molar-refractivity contribution in [2.75, 3.05) is 13.2 Å². The van der Waals surface area contributed by atoms with Gasteiger partial charge in [0.25, 0.3) is 0 Å². The van der Waals surface area contributed by atoms with E-state index < -0.39 is 5.97 Å². The van der Waals surface area contributed by atoms with Crippen LogP contribution in [0.4, 0.5) is 0 Å². The Morgan fingerprint density at radius 3 is 2.38 bits per heavy atom. The fourth-order valence-electron chi connectivity index (χ4n) is 2.07. The first-order valence-corrected chi connectivity index (χ1v) is 7.62. The molecular formula is C16H18O4S. The summed E-state index contributed by atoms with van der Waals surface area (Å²) in [6.45, 7) is 6.87. The molecule has 0 spiro atoms. The topological polar surface area (TPSA) is 55.8 Å². The molecule has 2 aromatic rings. The van der Waals surface area contributed by atoms with Crippen LogP contribution in [0.15, 0.2) is 24.3 Å². The van der Waals surface area contributed by atoms with Gasteiger partial charge in [-0.15, -0.1) is 11.3 Å². The molecule has 112 valence electrons. The predicted molar refractivity (Wildman–Crippen MR) is 83.8 cm³/mol. The number of carbonyl (C=O) groups is 1. The van der Waals surface area contributed by atoms with Gasteiger partial charge in [-0.05, 0) is 56.2 Å². The molecule has 5 heteroatoms. The van der Waals surface area contributed by atoms with Gasteiger partial charge >= 0.3 is 5.97 Å². The molecule has 1 N–H and O–H groups in total. The number of hydrogen-bond donors (Lipinski definition) is 1. The molecule has 4 nitrogen and oxygen atoms in total. The van der Waals surface area contributed by atoms with Crippen LogP contribution in [-0.4, -0.2) is 24.3 Å². The van der Waals surface area contributed by atoms with Crippen molar-refractivity contribution in [3.8, 4) is 21.9 Å². The van der Waals surface area contributed by atoms with Crippen LogP contribution in [0.1, 0.15) is 29.1 Å². The Kier molecular flexibility index (Phi) is 4.85. The Balaban J connectivity index is 2.44. The van der Waals surface area contributed by atoms with Crippen molar-refractivity contribution in [1.82, 2.24) is 0 Å². The summed E-state index contributed by atoms with van der Waals surface area (Å²) < 4.78 is 11.1. The molecule has 0 amide bonds. The van der Waals surface area contributed by atoms with Crippen LogP contribution in [0, 0.1) is 6.92 Å². The smallest absolute Gasteiger partial charge is 0.345 e. The lowest BCUT2D eigenvalue weighted by Crippen LogP contribution is -1.98. The van der Waals surface area contributed by atoms with Crippen molar-refractivity contribution in [2.45, 2.75) is 20.8 Å². The lowest BCUT2D eigenvalue weighted by Gasteiger charge is -2.12. The van der Waals surface area contributed by atoms with Gasteiger partial charge in [-0.3, -0.25) is 0 Å². The maximum atomic E-state index is 11.1. The standard InChI is InChI=1S/C16H18O4S/c1-4-19-12-7-6-11(9-13(12)20-5-2)15-10(3)8-14(21-15)16(17)18/h6-9H,4-5H2,1-3H3,(H,17,18). The number of rotatable bonds is 6. The van der Waals surface area contributed by atoms with E-state index in [1.54, 1.807) is 6.07 Å². The zero-order valence-corrected chi connectivity index (χ0v) is 13.1. The number of carboxylic acids is 1. The summed E-state index contributed by atoms with van der Waals surface area (Å²) in [4.78, 5) is 12.4. The molecule has 0 saturated heterocycles. The molecule has 1 heterocycles. The molecule has 0 unspecified atom stereocenters. The van der Waals surface area contributed by atoms with Crippen molar-refractivity contribution in [2.24, 2.45) is 0 Å². The molecule has 2 rings (SSSR count). The maximum Gasteiger partial charge on any atom is 0.345 e. The summed E-state index contributed by atoms with van der Waals surface area (Å²) in [7, 11) is 0. The second-order valence-electron chi connectivity index (χ2n) is 4.46. The lowest BCUT2D eigenvalue weighted by atomic mass is 10.1. The molecule has 0 bridgehead atoms. The Morgan fingerprint density at radius 1 is 1.14 bits per heavy atom. The maximum absolute atomic E-state index is 11.1. The first kappa shape index (κ1) is 15.4. The third-order valence-electron chi connectivity index (χ3n) is 2.93. The van der Waals surface area contributed by atoms with E-state index in [4.69, 9.17) is 14.6 Å². The molecule has 0 fully saturated rings. The highest BCUT2D eigenvalue weighted by Gasteiger charge is 2.14. The normalized spacial score (nSPS) is 10.4. The minimum Gasteiger partial charge on any atom is -0.490 e. The predicted octanol–water partition coefficient (Wildman–Crippen LogP) is 4.22. The number of ether oxygens (including phenoxy) is 2. The minimum absolute atomic E-state index is 0.342. The molecule has 1 aromatic heterocycles. The summed E-state index contributed by atoms with van der Waals surface area (Å²) in [5, 5.41) is 9.09. The van der Waals surface area contributed by atoms with Crippen LogP contribution >= 0.6 is 11.3 Å². The van der Waals surface area contributed by atoms with Crippen molar-refractivity contribution < 1.29 is 19.4 Å². The Labute approximate surface area is 128 Å². The second-order valence-corrected chi connectivity index (χ2v) is 5.51. The monoisotopic (exact) mass is 306 g/mol. The first-order chi connectivity index (χ1) is 10.1. The van der Waals surface area contributed by atoms with Gasteiger partial charge in [-0.2, -0.15) is 0 Å². The number of benzene rings is 1. The van der Waals surface area contributed by atoms with Crippen LogP contribution in [0.25, 0.3) is 10.4 Å². The molecule has 0 saturated carbocycles. The van der Waals surface area contributed by atoms with Gasteiger partial charge in [-0.1, -0.05) is 0 Å². The van der Waals surface area contributed by atoms with Gasteiger partial charge in [0.2, 0.25) is 0 Å². The Bertz CT molecular complexity index is 646. The van der Waals surface area contributed by atoms with Gasteiger partial charge < -0.3 is 14.6 Å². The van der Waals surface area contributed by atoms with E-state index in [0.717, 1.165) is 16.0 Å². The largest absolute Gasteiger partial charge is 0.490 e. The zero-order valence-electron chi connectivity index (χ0n) is 12.3. The van der Waals surface area contributed by atoms with Crippen LogP contribution < -0.4 is 9.47 Å². The highest BCUT2D eigenvalue weighted by molar-refractivity contribution is 7.17. The van der Waals surface area contributed by atoms with E-state index in [9.17, 15) is 4.79 Å². The third kappa shape index (κ3) is 3.36. The van der Waals surface area contributed by atoms with E-state index in [2.05, 4.69) is 0 Å². The van der Waals surface area contributed by atoms with Crippen molar-refractivity contribution in [3.63, 3.8) is 0 Å². The fraction of sp³-hybridized carbons (Fsp3) is 0.312. The molecular weight excluding hydrogens is 288 g/mol. The van der Waals surface area contributed by atoms with E-state index in [-0.39, 0.29) is 0 Å². The molecule has 21 heavy (non-hydrogen) atoms.